The lowest BCUT2D eigenvalue weighted by Crippen LogP contribution is -2.48. The molecule has 0 atom stereocenters. The van der Waals surface area contributed by atoms with Gasteiger partial charge in [0.05, 0.1) is 47.0 Å². The smallest absolute Gasteiger partial charge is 0.229 e. The van der Waals surface area contributed by atoms with E-state index in [-0.39, 0.29) is 12.1 Å². The summed E-state index contributed by atoms with van der Waals surface area (Å²) < 4.78 is 103. The summed E-state index contributed by atoms with van der Waals surface area (Å²) in [6.07, 6.45) is 9.32. The minimum Gasteiger partial charge on any atom is -0.353 e. The number of fused-ring (bicyclic) bond motifs is 2. The summed E-state index contributed by atoms with van der Waals surface area (Å²) in [5, 5.41) is 20.0. The van der Waals surface area contributed by atoms with Crippen molar-refractivity contribution in [1.82, 2.24) is 49.1 Å². The Morgan fingerprint density at radius 2 is 1.00 bits per heavy atom. The van der Waals surface area contributed by atoms with Crippen LogP contribution in [0, 0.1) is 23.3 Å². The van der Waals surface area contributed by atoms with Gasteiger partial charge in [0.15, 0.2) is 34.9 Å². The molecular formula is C38H41ClF4N12O4S2. The number of sulfonamides is 1. The highest BCUT2D eigenvalue weighted by Crippen LogP contribution is 2.43. The number of halogens is 5. The summed E-state index contributed by atoms with van der Waals surface area (Å²) in [6.45, 7) is 5.31. The molecule has 0 spiro atoms. The summed E-state index contributed by atoms with van der Waals surface area (Å²) in [6, 6.07) is 9.00. The summed E-state index contributed by atoms with van der Waals surface area (Å²) in [4.78, 5) is 13.3. The number of aromatic nitrogens is 8. The van der Waals surface area contributed by atoms with Crippen LogP contribution in [0.3, 0.4) is 0 Å². The number of hydrogen-bond donors (Lipinski definition) is 1. The molecule has 0 bridgehead atoms. The van der Waals surface area contributed by atoms with Gasteiger partial charge in [-0.3, -0.25) is 0 Å². The molecule has 2 aliphatic carbocycles. The van der Waals surface area contributed by atoms with Crippen molar-refractivity contribution in [2.45, 2.75) is 37.8 Å². The van der Waals surface area contributed by atoms with E-state index in [0.29, 0.717) is 71.3 Å². The van der Waals surface area contributed by atoms with Crippen molar-refractivity contribution in [2.75, 3.05) is 74.7 Å². The number of nitrogens with one attached hydrogen (secondary N) is 1. The zero-order valence-electron chi connectivity index (χ0n) is 33.0. The Balaban J connectivity index is 0.000000153. The highest BCUT2D eigenvalue weighted by atomic mass is 35.7. The fourth-order valence-corrected chi connectivity index (χ4v) is 8.23. The Labute approximate surface area is 353 Å². The molecule has 0 amide bonds. The van der Waals surface area contributed by atoms with Crippen molar-refractivity contribution in [2.24, 2.45) is 0 Å². The molecule has 23 heteroatoms. The van der Waals surface area contributed by atoms with Crippen molar-refractivity contribution in [3.05, 3.63) is 72.1 Å². The molecule has 61 heavy (non-hydrogen) atoms. The van der Waals surface area contributed by atoms with E-state index >= 15 is 0 Å². The fraction of sp³-hybridized carbons (Fsp3) is 0.421. The zero-order chi connectivity index (χ0) is 43.2. The molecule has 6 aromatic rings. The third-order valence-electron chi connectivity index (χ3n) is 10.6. The Bertz CT molecular complexity index is 2820. The minimum absolute atomic E-state index is 0.199. The first-order valence-electron chi connectivity index (χ1n) is 19.5. The Morgan fingerprint density at radius 1 is 0.607 bits per heavy atom. The van der Waals surface area contributed by atoms with E-state index < -0.39 is 42.3 Å². The predicted molar refractivity (Wildman–Crippen MR) is 222 cm³/mol. The second-order valence-electron chi connectivity index (χ2n) is 15.3. The van der Waals surface area contributed by atoms with Gasteiger partial charge in [0.2, 0.25) is 19.1 Å². The molecule has 324 valence electrons. The number of imidazole rings is 2. The van der Waals surface area contributed by atoms with Crippen LogP contribution in [0.5, 0.6) is 0 Å². The van der Waals surface area contributed by atoms with Crippen LogP contribution in [-0.4, -0.2) is 126 Å². The van der Waals surface area contributed by atoms with Crippen LogP contribution in [0.2, 0.25) is 0 Å². The topological polar surface area (TPSA) is 177 Å². The first-order chi connectivity index (χ1) is 29.0. The highest BCUT2D eigenvalue weighted by Gasteiger charge is 2.32. The lowest BCUT2D eigenvalue weighted by molar-refractivity contribution is 0.386. The maximum Gasteiger partial charge on any atom is 0.229 e. The number of rotatable bonds is 7. The van der Waals surface area contributed by atoms with Crippen LogP contribution in [0.1, 0.15) is 37.8 Å². The summed E-state index contributed by atoms with van der Waals surface area (Å²) in [5.74, 6) is -0.829. The number of nitrogens with zero attached hydrogens (tertiary/aromatic N) is 11. The van der Waals surface area contributed by atoms with Gasteiger partial charge in [0, 0.05) is 111 Å². The number of benzene rings is 2. The van der Waals surface area contributed by atoms with Crippen LogP contribution in [-0.2, 0) is 19.1 Å². The molecule has 6 heterocycles. The Kier molecular flexibility index (Phi) is 11.9. The maximum atomic E-state index is 13.9. The molecule has 2 aromatic carbocycles. The van der Waals surface area contributed by atoms with E-state index in [2.05, 4.69) is 51.3 Å². The number of piperazine rings is 2. The molecule has 2 aliphatic heterocycles. The Morgan fingerprint density at radius 3 is 1.39 bits per heavy atom. The van der Waals surface area contributed by atoms with Crippen molar-refractivity contribution >= 4 is 63.5 Å². The summed E-state index contributed by atoms with van der Waals surface area (Å²) in [7, 11) is -1.91. The van der Waals surface area contributed by atoms with Gasteiger partial charge in [-0.2, -0.15) is 14.5 Å². The quantitative estimate of drug-likeness (QED) is 0.170. The molecule has 4 fully saturated rings. The molecule has 16 nitrogen and oxygen atoms in total. The van der Waals surface area contributed by atoms with Gasteiger partial charge in [-0.1, -0.05) is 0 Å². The van der Waals surface area contributed by atoms with E-state index in [0.717, 1.165) is 75.6 Å². The first kappa shape index (κ1) is 42.7. The SMILES string of the molecule is CS(=O)(=O)Cl.CS(=O)(=O)N1CCN(c2cc(-c3nc4cc(F)c(F)cc4n3C3CC3)cnn2)CC1.Fc1cc2nc(-c3cnnc(N4CCNCC4)c3)n(C3CC3)c2cc1F. The molecule has 4 aliphatic rings. The van der Waals surface area contributed by atoms with Crippen LogP contribution in [0.15, 0.2) is 48.8 Å². The van der Waals surface area contributed by atoms with Gasteiger partial charge in [-0.15, -0.1) is 10.2 Å². The highest BCUT2D eigenvalue weighted by molar-refractivity contribution is 8.13. The summed E-state index contributed by atoms with van der Waals surface area (Å²) in [5.41, 5.74) is 3.57. The number of hydrogen-bond acceptors (Lipinski definition) is 13. The molecule has 2 saturated heterocycles. The van der Waals surface area contributed by atoms with E-state index in [1.54, 1.807) is 12.4 Å². The molecule has 0 radical (unpaired) electrons. The van der Waals surface area contributed by atoms with Gasteiger partial charge in [-0.25, -0.2) is 44.4 Å². The van der Waals surface area contributed by atoms with E-state index in [1.807, 2.05) is 26.2 Å². The molecule has 4 aromatic heterocycles. The fourth-order valence-electron chi connectivity index (χ4n) is 7.40. The average molecular weight is 905 g/mol. The van der Waals surface area contributed by atoms with E-state index in [9.17, 15) is 34.4 Å². The minimum atomic E-state index is -3.22. The summed E-state index contributed by atoms with van der Waals surface area (Å²) >= 11 is 0. The van der Waals surface area contributed by atoms with Gasteiger partial charge >= 0.3 is 0 Å². The van der Waals surface area contributed by atoms with Crippen LogP contribution in [0.4, 0.5) is 29.2 Å². The molecular weight excluding hydrogens is 864 g/mol. The Hall–Kier alpha value is -5.03. The molecule has 1 N–H and O–H groups in total. The van der Waals surface area contributed by atoms with Crippen LogP contribution in [0.25, 0.3) is 44.8 Å². The molecule has 10 rings (SSSR count). The third-order valence-corrected chi connectivity index (χ3v) is 11.9. The molecule has 2 saturated carbocycles. The van der Waals surface area contributed by atoms with Crippen LogP contribution < -0.4 is 15.1 Å². The predicted octanol–water partition coefficient (Wildman–Crippen LogP) is 4.89. The second-order valence-corrected chi connectivity index (χ2v) is 20.3. The number of anilines is 2. The van der Waals surface area contributed by atoms with Crippen molar-refractivity contribution in [1.29, 1.82) is 0 Å². The van der Waals surface area contributed by atoms with Crippen molar-refractivity contribution in [3.8, 4) is 22.8 Å². The average Bonchev–Trinajstić information content (AvgIpc) is 4.18. The molecule has 0 unspecified atom stereocenters. The van der Waals surface area contributed by atoms with Gasteiger partial charge in [0.1, 0.15) is 11.6 Å². The maximum absolute atomic E-state index is 13.9. The van der Waals surface area contributed by atoms with Gasteiger partial charge in [-0.05, 0) is 37.8 Å². The first-order valence-corrected chi connectivity index (χ1v) is 24.0. The van der Waals surface area contributed by atoms with E-state index in [1.165, 1.54) is 28.8 Å². The van der Waals surface area contributed by atoms with Crippen molar-refractivity contribution < 1.29 is 34.4 Å². The van der Waals surface area contributed by atoms with Crippen LogP contribution >= 0.6 is 10.7 Å². The second kappa shape index (κ2) is 17.0. The lowest BCUT2D eigenvalue weighted by atomic mass is 10.2. The zero-order valence-corrected chi connectivity index (χ0v) is 35.4. The normalized spacial score (nSPS) is 17.6. The lowest BCUT2D eigenvalue weighted by Gasteiger charge is -2.33. The van der Waals surface area contributed by atoms with Crippen molar-refractivity contribution in [3.63, 3.8) is 0 Å². The van der Waals surface area contributed by atoms with Gasteiger partial charge < -0.3 is 24.3 Å². The standard InChI is InChI=1S/C19H20F2N6O2S.C18H18F2N6.CH3ClO2S/c1-30(28,29)26-6-4-25(5-7-26)18-8-12(11-22-24-18)19-23-16-9-14(20)15(21)10-17(16)27(19)13-2-3-13;19-13-8-15-16(9-14(13)20)26(12-1-2-12)18(23-15)11-7-17(24-22-10-11)25-5-3-21-4-6-25;1-5(2,3)4/h8-11,13H,2-7H2,1H3;7-10,12,21H,1-6H2;1H3. The monoisotopic (exact) mass is 904 g/mol. The van der Waals surface area contributed by atoms with Gasteiger partial charge in [0.25, 0.3) is 0 Å². The third kappa shape index (κ3) is 9.88. The largest absolute Gasteiger partial charge is 0.353 e. The van der Waals surface area contributed by atoms with E-state index in [4.69, 9.17) is 0 Å².